The van der Waals surface area contributed by atoms with Crippen LogP contribution in [-0.2, 0) is 10.0 Å². The minimum Gasteiger partial charge on any atom is -0.459 e. The predicted octanol–water partition coefficient (Wildman–Crippen LogP) is 3.38. The van der Waals surface area contributed by atoms with Gasteiger partial charge in [0.15, 0.2) is 5.76 Å². The molecular weight excluding hydrogens is 364 g/mol. The van der Waals surface area contributed by atoms with Crippen molar-refractivity contribution < 1.29 is 17.6 Å². The maximum Gasteiger partial charge on any atom is 0.289 e. The average Bonchev–Trinajstić information content (AvgIpc) is 3.22. The van der Waals surface area contributed by atoms with Crippen LogP contribution in [0.2, 0.25) is 0 Å². The van der Waals surface area contributed by atoms with Crippen molar-refractivity contribution in [2.75, 3.05) is 13.1 Å². The van der Waals surface area contributed by atoms with E-state index in [9.17, 15) is 13.2 Å². The highest BCUT2D eigenvalue weighted by molar-refractivity contribution is 7.89. The van der Waals surface area contributed by atoms with Crippen molar-refractivity contribution in [2.24, 2.45) is 0 Å². The second kappa shape index (κ2) is 8.27. The third-order valence-electron chi connectivity index (χ3n) is 5.21. The number of nitrogens with zero attached hydrogens (tertiary/aromatic N) is 1. The van der Waals surface area contributed by atoms with Gasteiger partial charge in [0.1, 0.15) is 0 Å². The largest absolute Gasteiger partial charge is 0.459 e. The van der Waals surface area contributed by atoms with Crippen molar-refractivity contribution in [3.8, 4) is 0 Å². The molecule has 1 aliphatic rings. The Hall–Kier alpha value is -2.12. The number of benzene rings is 1. The van der Waals surface area contributed by atoms with Gasteiger partial charge in [-0.15, -0.1) is 0 Å². The van der Waals surface area contributed by atoms with E-state index >= 15 is 0 Å². The van der Waals surface area contributed by atoms with Gasteiger partial charge in [0.25, 0.3) is 5.91 Å². The van der Waals surface area contributed by atoms with Gasteiger partial charge in [-0.1, -0.05) is 26.0 Å². The van der Waals surface area contributed by atoms with E-state index in [2.05, 4.69) is 18.6 Å². The van der Waals surface area contributed by atoms with Crippen LogP contribution in [0.15, 0.2) is 52.0 Å². The van der Waals surface area contributed by atoms with Crippen molar-refractivity contribution in [1.82, 2.24) is 9.62 Å². The number of nitrogens with one attached hydrogen (secondary N) is 1. The summed E-state index contributed by atoms with van der Waals surface area (Å²) in [7, 11) is -3.56. The Morgan fingerprint density at radius 3 is 2.44 bits per heavy atom. The Morgan fingerprint density at radius 2 is 1.89 bits per heavy atom. The zero-order valence-electron chi connectivity index (χ0n) is 15.7. The first-order valence-electron chi connectivity index (χ1n) is 9.35. The highest BCUT2D eigenvalue weighted by Crippen LogP contribution is 2.21. The number of carbonyl (C=O) groups excluding carboxylic acids is 1. The summed E-state index contributed by atoms with van der Waals surface area (Å²) in [5.74, 6) is 0.572. The highest BCUT2D eigenvalue weighted by Gasteiger charge is 2.28. The summed E-state index contributed by atoms with van der Waals surface area (Å²) in [6, 6.07) is 10.2. The van der Waals surface area contributed by atoms with Crippen molar-refractivity contribution in [1.29, 1.82) is 0 Å². The van der Waals surface area contributed by atoms with E-state index in [0.29, 0.717) is 37.6 Å². The second-order valence-corrected chi connectivity index (χ2v) is 8.76. The van der Waals surface area contributed by atoms with Crippen LogP contribution < -0.4 is 4.72 Å². The standard InChI is InChI=1S/C20H26N2O4S/c1-3-15(2)16-6-8-18(9-7-16)27(24,25)21-17-10-12-22(13-11-17)20(23)19-5-4-14-26-19/h4-9,14-15,17,21H,3,10-13H2,1-2H3. The van der Waals surface area contributed by atoms with E-state index in [1.54, 1.807) is 29.2 Å². The number of amides is 1. The van der Waals surface area contributed by atoms with E-state index in [0.717, 1.165) is 12.0 Å². The Bertz CT molecular complexity index is 852. The van der Waals surface area contributed by atoms with E-state index in [-0.39, 0.29) is 16.8 Å². The fraction of sp³-hybridized carbons (Fsp3) is 0.450. The SMILES string of the molecule is CCC(C)c1ccc(S(=O)(=O)NC2CCN(C(=O)c3ccco3)CC2)cc1. The molecule has 1 aliphatic heterocycles. The minimum atomic E-state index is -3.56. The van der Waals surface area contributed by atoms with Crippen LogP contribution in [0.4, 0.5) is 0 Å². The summed E-state index contributed by atoms with van der Waals surface area (Å²) in [5, 5.41) is 0. The van der Waals surface area contributed by atoms with E-state index in [1.807, 2.05) is 12.1 Å². The third-order valence-corrected chi connectivity index (χ3v) is 6.74. The Morgan fingerprint density at radius 1 is 1.22 bits per heavy atom. The summed E-state index contributed by atoms with van der Waals surface area (Å²) in [4.78, 5) is 14.3. The number of hydrogen-bond donors (Lipinski definition) is 1. The molecule has 6 nitrogen and oxygen atoms in total. The van der Waals surface area contributed by atoms with Gasteiger partial charge in [0.2, 0.25) is 10.0 Å². The first-order valence-corrected chi connectivity index (χ1v) is 10.8. The van der Waals surface area contributed by atoms with Crippen molar-refractivity contribution >= 4 is 15.9 Å². The van der Waals surface area contributed by atoms with Crippen LogP contribution in [0.1, 0.15) is 55.1 Å². The van der Waals surface area contributed by atoms with Gasteiger partial charge in [-0.25, -0.2) is 13.1 Å². The molecule has 2 aromatic rings. The summed E-state index contributed by atoms with van der Waals surface area (Å²) in [6.07, 6.45) is 3.65. The smallest absolute Gasteiger partial charge is 0.289 e. The third kappa shape index (κ3) is 4.59. The van der Waals surface area contributed by atoms with Gasteiger partial charge in [-0.2, -0.15) is 0 Å². The zero-order chi connectivity index (χ0) is 19.4. The lowest BCUT2D eigenvalue weighted by molar-refractivity contribution is 0.0679. The average molecular weight is 391 g/mol. The number of piperidine rings is 1. The zero-order valence-corrected chi connectivity index (χ0v) is 16.5. The molecule has 27 heavy (non-hydrogen) atoms. The van der Waals surface area contributed by atoms with E-state index in [4.69, 9.17) is 4.42 Å². The molecular formula is C20H26N2O4S. The van der Waals surface area contributed by atoms with Gasteiger partial charge in [0.05, 0.1) is 11.2 Å². The Labute approximate surface area is 160 Å². The molecule has 1 N–H and O–H groups in total. The number of rotatable bonds is 6. The van der Waals surface area contributed by atoms with Crippen molar-refractivity contribution in [3.05, 3.63) is 54.0 Å². The number of likely N-dealkylation sites (tertiary alicyclic amines) is 1. The molecule has 1 aromatic heterocycles. The van der Waals surface area contributed by atoms with E-state index < -0.39 is 10.0 Å². The van der Waals surface area contributed by atoms with Crippen LogP contribution in [0.25, 0.3) is 0 Å². The van der Waals surface area contributed by atoms with Gasteiger partial charge in [-0.05, 0) is 55.0 Å². The lowest BCUT2D eigenvalue weighted by Gasteiger charge is -2.31. The molecule has 0 radical (unpaired) electrons. The summed E-state index contributed by atoms with van der Waals surface area (Å²) < 4.78 is 33.2. The minimum absolute atomic E-state index is 0.151. The number of furan rings is 1. The van der Waals surface area contributed by atoms with Crippen LogP contribution >= 0.6 is 0 Å². The maximum absolute atomic E-state index is 12.6. The molecule has 146 valence electrons. The number of sulfonamides is 1. The normalized spacial score (nSPS) is 17.0. The van der Waals surface area contributed by atoms with Gasteiger partial charge >= 0.3 is 0 Å². The summed E-state index contributed by atoms with van der Waals surface area (Å²) >= 11 is 0. The fourth-order valence-corrected chi connectivity index (χ4v) is 4.56. The quantitative estimate of drug-likeness (QED) is 0.820. The van der Waals surface area contributed by atoms with Crippen LogP contribution in [0.5, 0.6) is 0 Å². The van der Waals surface area contributed by atoms with Crippen molar-refractivity contribution in [3.63, 3.8) is 0 Å². The molecule has 7 heteroatoms. The molecule has 1 fully saturated rings. The van der Waals surface area contributed by atoms with Gasteiger partial charge in [0, 0.05) is 19.1 Å². The molecule has 1 aromatic carbocycles. The maximum atomic E-state index is 12.6. The fourth-order valence-electron chi connectivity index (χ4n) is 3.26. The molecule has 1 saturated heterocycles. The molecule has 1 amide bonds. The number of carbonyl (C=O) groups is 1. The molecule has 0 aliphatic carbocycles. The van der Waals surface area contributed by atoms with Crippen LogP contribution in [0, 0.1) is 0 Å². The molecule has 1 unspecified atom stereocenters. The first-order chi connectivity index (χ1) is 12.9. The summed E-state index contributed by atoms with van der Waals surface area (Å²) in [6.45, 7) is 5.23. The van der Waals surface area contributed by atoms with E-state index in [1.165, 1.54) is 6.26 Å². The number of hydrogen-bond acceptors (Lipinski definition) is 4. The van der Waals surface area contributed by atoms with Crippen molar-refractivity contribution in [2.45, 2.75) is 50.0 Å². The molecule has 2 heterocycles. The monoisotopic (exact) mass is 390 g/mol. The predicted molar refractivity (Wildman–Crippen MR) is 103 cm³/mol. The Kier molecular flexibility index (Phi) is 6.01. The molecule has 0 bridgehead atoms. The lowest BCUT2D eigenvalue weighted by Crippen LogP contribution is -2.46. The summed E-state index contributed by atoms with van der Waals surface area (Å²) in [5.41, 5.74) is 1.14. The lowest BCUT2D eigenvalue weighted by atomic mass is 9.99. The molecule has 0 spiro atoms. The topological polar surface area (TPSA) is 79.6 Å². The molecule has 3 rings (SSSR count). The molecule has 0 saturated carbocycles. The van der Waals surface area contributed by atoms with Gasteiger partial charge < -0.3 is 9.32 Å². The van der Waals surface area contributed by atoms with Gasteiger partial charge in [-0.3, -0.25) is 4.79 Å². The molecule has 1 atom stereocenters. The second-order valence-electron chi connectivity index (χ2n) is 7.04. The van der Waals surface area contributed by atoms with Crippen LogP contribution in [0.3, 0.4) is 0 Å². The van der Waals surface area contributed by atoms with Crippen LogP contribution in [-0.4, -0.2) is 38.4 Å². The first kappa shape index (κ1) is 19.6. The Balaban J connectivity index is 1.58. The highest BCUT2D eigenvalue weighted by atomic mass is 32.2.